The van der Waals surface area contributed by atoms with E-state index in [1.165, 1.54) is 0 Å². The molecule has 0 aliphatic heterocycles. The summed E-state index contributed by atoms with van der Waals surface area (Å²) in [6, 6.07) is 3.62. The normalized spacial score (nSPS) is 11.2. The number of nitrogens with zero attached hydrogens (tertiary/aromatic N) is 1. The maximum absolute atomic E-state index is 12.4. The zero-order chi connectivity index (χ0) is 15.8. The summed E-state index contributed by atoms with van der Waals surface area (Å²) in [5, 5.41) is 6.26. The van der Waals surface area contributed by atoms with Crippen LogP contribution in [0.15, 0.2) is 18.3 Å². The molecule has 0 aliphatic rings. The molecule has 0 saturated carbocycles. The average molecular weight is 291 g/mol. The van der Waals surface area contributed by atoms with E-state index in [1.807, 2.05) is 6.07 Å². The summed E-state index contributed by atoms with van der Waals surface area (Å²) in [6.45, 7) is 12.4. The molecule has 4 nitrogen and oxygen atoms in total. The predicted molar refractivity (Wildman–Crippen MR) is 88.5 cm³/mol. The minimum absolute atomic E-state index is 0.0481. The molecule has 2 N–H and O–H groups in total. The Morgan fingerprint density at radius 2 is 1.90 bits per heavy atom. The Balaban J connectivity index is 2.71. The Labute approximate surface area is 128 Å². The van der Waals surface area contributed by atoms with Crippen LogP contribution in [0, 0.1) is 17.8 Å². The van der Waals surface area contributed by atoms with Gasteiger partial charge in [-0.3, -0.25) is 4.79 Å². The maximum Gasteiger partial charge on any atom is 0.255 e. The lowest BCUT2D eigenvalue weighted by Crippen LogP contribution is -2.34. The molecule has 1 rings (SSSR count). The number of nitrogens with one attached hydrogen (secondary N) is 2. The van der Waals surface area contributed by atoms with Gasteiger partial charge >= 0.3 is 0 Å². The molecule has 0 spiro atoms. The quantitative estimate of drug-likeness (QED) is 0.770. The van der Waals surface area contributed by atoms with E-state index in [0.717, 1.165) is 13.0 Å². The van der Waals surface area contributed by atoms with Gasteiger partial charge < -0.3 is 10.6 Å². The predicted octanol–water partition coefficient (Wildman–Crippen LogP) is 3.56. The highest BCUT2D eigenvalue weighted by molar-refractivity contribution is 5.98. The number of carbonyl (C=O) groups excluding carboxylic acids is 1. The van der Waals surface area contributed by atoms with Crippen LogP contribution in [-0.2, 0) is 0 Å². The molecule has 0 radical (unpaired) electrons. The maximum atomic E-state index is 12.4. The van der Waals surface area contributed by atoms with Gasteiger partial charge in [0.25, 0.3) is 5.91 Å². The van der Waals surface area contributed by atoms with Crippen molar-refractivity contribution in [1.82, 2.24) is 10.3 Å². The molecule has 0 atom stereocenters. The van der Waals surface area contributed by atoms with E-state index in [-0.39, 0.29) is 5.91 Å². The number of hydrogen-bond donors (Lipinski definition) is 2. The first kappa shape index (κ1) is 17.5. The van der Waals surface area contributed by atoms with Crippen LogP contribution >= 0.6 is 0 Å². The van der Waals surface area contributed by atoms with Crippen molar-refractivity contribution in [3.63, 3.8) is 0 Å². The highest BCUT2D eigenvalue weighted by Crippen LogP contribution is 2.20. The highest BCUT2D eigenvalue weighted by Gasteiger charge is 2.19. The number of pyridine rings is 1. The van der Waals surface area contributed by atoms with Gasteiger partial charge in [0.2, 0.25) is 0 Å². The molecule has 1 aromatic heterocycles. The SMILES string of the molecule is CCCNc1ncccc1C(=O)NCC(C(C)C)C(C)C. The second-order valence-corrected chi connectivity index (χ2v) is 6.19. The van der Waals surface area contributed by atoms with Crippen molar-refractivity contribution in [2.45, 2.75) is 41.0 Å². The van der Waals surface area contributed by atoms with Crippen molar-refractivity contribution in [2.75, 3.05) is 18.4 Å². The van der Waals surface area contributed by atoms with Crippen LogP contribution in [0.25, 0.3) is 0 Å². The molecule has 1 aromatic rings. The van der Waals surface area contributed by atoms with E-state index in [0.29, 0.717) is 35.7 Å². The lowest BCUT2D eigenvalue weighted by Gasteiger charge is -2.25. The van der Waals surface area contributed by atoms with Gasteiger partial charge in [-0.25, -0.2) is 4.98 Å². The summed E-state index contributed by atoms with van der Waals surface area (Å²) in [7, 11) is 0. The average Bonchev–Trinajstić information content (AvgIpc) is 2.44. The number of anilines is 1. The lowest BCUT2D eigenvalue weighted by atomic mass is 9.85. The van der Waals surface area contributed by atoms with Crippen LogP contribution in [0.4, 0.5) is 5.82 Å². The van der Waals surface area contributed by atoms with Gasteiger partial charge in [-0.1, -0.05) is 34.6 Å². The Kier molecular flexibility index (Phi) is 7.20. The van der Waals surface area contributed by atoms with Crippen molar-refractivity contribution in [2.24, 2.45) is 17.8 Å². The smallest absolute Gasteiger partial charge is 0.255 e. The summed E-state index contributed by atoms with van der Waals surface area (Å²) >= 11 is 0. The Hall–Kier alpha value is -1.58. The summed E-state index contributed by atoms with van der Waals surface area (Å²) in [4.78, 5) is 16.6. The van der Waals surface area contributed by atoms with Crippen LogP contribution < -0.4 is 10.6 Å². The summed E-state index contributed by atoms with van der Waals surface area (Å²) in [5.41, 5.74) is 0.622. The zero-order valence-electron chi connectivity index (χ0n) is 13.9. The monoisotopic (exact) mass is 291 g/mol. The summed E-state index contributed by atoms with van der Waals surface area (Å²) in [6.07, 6.45) is 2.71. The fraction of sp³-hybridized carbons (Fsp3) is 0.647. The van der Waals surface area contributed by atoms with E-state index in [9.17, 15) is 4.79 Å². The summed E-state index contributed by atoms with van der Waals surface area (Å²) in [5.74, 6) is 2.21. The molecule has 0 unspecified atom stereocenters. The van der Waals surface area contributed by atoms with Crippen LogP contribution in [-0.4, -0.2) is 24.0 Å². The van der Waals surface area contributed by atoms with Gasteiger partial charge in [-0.05, 0) is 36.3 Å². The number of rotatable bonds is 8. The molecule has 0 fully saturated rings. The van der Waals surface area contributed by atoms with E-state index < -0.39 is 0 Å². The largest absolute Gasteiger partial charge is 0.369 e. The lowest BCUT2D eigenvalue weighted by molar-refractivity contribution is 0.0937. The summed E-state index contributed by atoms with van der Waals surface area (Å²) < 4.78 is 0. The van der Waals surface area contributed by atoms with Gasteiger partial charge in [0.05, 0.1) is 5.56 Å². The fourth-order valence-corrected chi connectivity index (χ4v) is 2.52. The number of carbonyl (C=O) groups is 1. The first-order chi connectivity index (χ1) is 9.97. The minimum Gasteiger partial charge on any atom is -0.369 e. The van der Waals surface area contributed by atoms with Crippen molar-refractivity contribution >= 4 is 11.7 Å². The molecule has 0 aliphatic carbocycles. The molecule has 0 aromatic carbocycles. The third-order valence-electron chi connectivity index (χ3n) is 3.81. The molecule has 1 heterocycles. The Bertz CT molecular complexity index is 435. The first-order valence-electron chi connectivity index (χ1n) is 7.94. The highest BCUT2D eigenvalue weighted by atomic mass is 16.1. The van der Waals surface area contributed by atoms with E-state index >= 15 is 0 Å². The Morgan fingerprint density at radius 3 is 2.48 bits per heavy atom. The molecule has 0 saturated heterocycles. The third-order valence-corrected chi connectivity index (χ3v) is 3.81. The Morgan fingerprint density at radius 1 is 1.24 bits per heavy atom. The first-order valence-corrected chi connectivity index (χ1v) is 7.94. The van der Waals surface area contributed by atoms with Gasteiger partial charge in [0.1, 0.15) is 5.82 Å². The molecule has 118 valence electrons. The molecular formula is C17H29N3O. The van der Waals surface area contributed by atoms with Crippen molar-refractivity contribution in [1.29, 1.82) is 0 Å². The van der Waals surface area contributed by atoms with Crippen molar-refractivity contribution in [3.8, 4) is 0 Å². The van der Waals surface area contributed by atoms with E-state index in [2.05, 4.69) is 50.2 Å². The second kappa shape index (κ2) is 8.65. The van der Waals surface area contributed by atoms with Crippen LogP contribution in [0.5, 0.6) is 0 Å². The van der Waals surface area contributed by atoms with Crippen LogP contribution in [0.1, 0.15) is 51.4 Å². The molecule has 1 amide bonds. The van der Waals surface area contributed by atoms with Gasteiger partial charge in [-0.2, -0.15) is 0 Å². The van der Waals surface area contributed by atoms with Crippen molar-refractivity contribution in [3.05, 3.63) is 23.9 Å². The van der Waals surface area contributed by atoms with Crippen LogP contribution in [0.3, 0.4) is 0 Å². The van der Waals surface area contributed by atoms with Gasteiger partial charge in [0, 0.05) is 19.3 Å². The topological polar surface area (TPSA) is 54.0 Å². The van der Waals surface area contributed by atoms with Gasteiger partial charge in [-0.15, -0.1) is 0 Å². The van der Waals surface area contributed by atoms with Crippen LogP contribution in [0.2, 0.25) is 0 Å². The zero-order valence-corrected chi connectivity index (χ0v) is 13.9. The number of amides is 1. The van der Waals surface area contributed by atoms with E-state index in [1.54, 1.807) is 12.3 Å². The number of aromatic nitrogens is 1. The molecular weight excluding hydrogens is 262 g/mol. The van der Waals surface area contributed by atoms with Crippen molar-refractivity contribution < 1.29 is 4.79 Å². The standard InChI is InChI=1S/C17H29N3O/c1-6-9-18-16-14(8-7-10-19-16)17(21)20-11-15(12(2)3)13(4)5/h7-8,10,12-13,15H,6,9,11H2,1-5H3,(H,18,19)(H,20,21). The second-order valence-electron chi connectivity index (χ2n) is 6.19. The van der Waals surface area contributed by atoms with Gasteiger partial charge in [0.15, 0.2) is 0 Å². The molecule has 0 bridgehead atoms. The number of hydrogen-bond acceptors (Lipinski definition) is 3. The van der Waals surface area contributed by atoms with E-state index in [4.69, 9.17) is 0 Å². The third kappa shape index (κ3) is 5.37. The fourth-order valence-electron chi connectivity index (χ4n) is 2.52. The minimum atomic E-state index is -0.0481. The molecule has 21 heavy (non-hydrogen) atoms. The molecule has 4 heteroatoms.